The van der Waals surface area contributed by atoms with Gasteiger partial charge in [0.1, 0.15) is 0 Å². The van der Waals surface area contributed by atoms with E-state index in [0.717, 1.165) is 29.0 Å². The minimum absolute atomic E-state index is 0.113. The summed E-state index contributed by atoms with van der Waals surface area (Å²) in [6.45, 7) is 9.35. The molecule has 1 fully saturated rings. The molecule has 1 N–H and O–H groups in total. The molecule has 0 aliphatic carbocycles. The molecule has 0 aromatic heterocycles. The summed E-state index contributed by atoms with van der Waals surface area (Å²) in [5.41, 5.74) is 2.62. The first-order valence-corrected chi connectivity index (χ1v) is 8.35. The van der Waals surface area contributed by atoms with E-state index in [9.17, 15) is 5.11 Å². The molecular formula is C17H26BrNO. The van der Waals surface area contributed by atoms with Crippen molar-refractivity contribution in [1.29, 1.82) is 0 Å². The SMILES string of the molecule is CC(C)(C)C1CCCN(c2cc(Br)ccc2CO)CC1. The van der Waals surface area contributed by atoms with E-state index in [-0.39, 0.29) is 6.61 Å². The number of halogens is 1. The average Bonchev–Trinajstić information content (AvgIpc) is 2.63. The van der Waals surface area contributed by atoms with Gasteiger partial charge in [-0.25, -0.2) is 0 Å². The van der Waals surface area contributed by atoms with Gasteiger partial charge in [0.2, 0.25) is 0 Å². The van der Waals surface area contributed by atoms with Gasteiger partial charge in [-0.15, -0.1) is 0 Å². The normalized spacial score (nSPS) is 20.9. The maximum absolute atomic E-state index is 9.55. The van der Waals surface area contributed by atoms with Crippen LogP contribution < -0.4 is 4.90 Å². The van der Waals surface area contributed by atoms with E-state index in [0.29, 0.717) is 5.41 Å². The van der Waals surface area contributed by atoms with Crippen LogP contribution in [0.4, 0.5) is 5.69 Å². The molecule has 1 aromatic carbocycles. The lowest BCUT2D eigenvalue weighted by Crippen LogP contribution is -2.27. The molecule has 1 aromatic rings. The fourth-order valence-electron chi connectivity index (χ4n) is 3.17. The molecule has 1 aliphatic rings. The molecule has 3 heteroatoms. The van der Waals surface area contributed by atoms with Crippen LogP contribution in [0.3, 0.4) is 0 Å². The fourth-order valence-corrected chi connectivity index (χ4v) is 3.52. The minimum atomic E-state index is 0.113. The Morgan fingerprint density at radius 1 is 1.25 bits per heavy atom. The van der Waals surface area contributed by atoms with Crippen molar-refractivity contribution in [1.82, 2.24) is 0 Å². The second-order valence-corrected chi connectivity index (χ2v) is 7.83. The van der Waals surface area contributed by atoms with Gasteiger partial charge in [-0.1, -0.05) is 42.8 Å². The van der Waals surface area contributed by atoms with Gasteiger partial charge in [-0.3, -0.25) is 0 Å². The monoisotopic (exact) mass is 339 g/mol. The van der Waals surface area contributed by atoms with Gasteiger partial charge in [0.15, 0.2) is 0 Å². The number of aliphatic hydroxyl groups is 1. The summed E-state index contributed by atoms with van der Waals surface area (Å²) in [5, 5.41) is 9.55. The summed E-state index contributed by atoms with van der Waals surface area (Å²) in [5.74, 6) is 0.789. The Hall–Kier alpha value is -0.540. The summed E-state index contributed by atoms with van der Waals surface area (Å²) >= 11 is 3.55. The molecule has 0 bridgehead atoms. The molecule has 1 aliphatic heterocycles. The molecule has 20 heavy (non-hydrogen) atoms. The van der Waals surface area contributed by atoms with Crippen LogP contribution in [-0.2, 0) is 6.61 Å². The quantitative estimate of drug-likeness (QED) is 0.851. The van der Waals surface area contributed by atoms with Crippen LogP contribution in [0.1, 0.15) is 45.6 Å². The zero-order valence-electron chi connectivity index (χ0n) is 12.8. The second kappa shape index (κ2) is 6.48. The molecule has 0 spiro atoms. The van der Waals surface area contributed by atoms with Gasteiger partial charge in [-0.2, -0.15) is 0 Å². The molecule has 1 atom stereocenters. The molecule has 0 radical (unpaired) electrons. The summed E-state index contributed by atoms with van der Waals surface area (Å²) in [6, 6.07) is 6.17. The Labute approximate surface area is 131 Å². The van der Waals surface area contributed by atoms with E-state index in [1.165, 1.54) is 24.9 Å². The largest absolute Gasteiger partial charge is 0.392 e. The van der Waals surface area contributed by atoms with Gasteiger partial charge in [-0.05, 0) is 42.7 Å². The number of anilines is 1. The first kappa shape index (κ1) is 15.8. The summed E-state index contributed by atoms with van der Waals surface area (Å²) in [7, 11) is 0. The third-order valence-electron chi connectivity index (χ3n) is 4.51. The number of hydrogen-bond donors (Lipinski definition) is 1. The van der Waals surface area contributed by atoms with Gasteiger partial charge in [0, 0.05) is 28.8 Å². The molecule has 0 amide bonds. The highest BCUT2D eigenvalue weighted by Crippen LogP contribution is 2.36. The molecule has 1 unspecified atom stereocenters. The smallest absolute Gasteiger partial charge is 0.0702 e. The zero-order chi connectivity index (χ0) is 14.8. The van der Waals surface area contributed by atoms with E-state index in [2.05, 4.69) is 47.7 Å². The fraction of sp³-hybridized carbons (Fsp3) is 0.647. The van der Waals surface area contributed by atoms with Crippen molar-refractivity contribution in [3.05, 3.63) is 28.2 Å². The van der Waals surface area contributed by atoms with Crippen molar-refractivity contribution in [3.8, 4) is 0 Å². The van der Waals surface area contributed by atoms with E-state index < -0.39 is 0 Å². The van der Waals surface area contributed by atoms with E-state index in [1.807, 2.05) is 12.1 Å². The molecule has 2 nitrogen and oxygen atoms in total. The molecular weight excluding hydrogens is 314 g/mol. The Morgan fingerprint density at radius 2 is 2.00 bits per heavy atom. The molecule has 1 heterocycles. The standard InChI is InChI=1S/C17H26BrNO/c1-17(2,3)14-5-4-9-19(10-8-14)16-11-15(18)7-6-13(16)12-20/h6-7,11,14,20H,4-5,8-10,12H2,1-3H3. The van der Waals surface area contributed by atoms with Crippen molar-refractivity contribution in [3.63, 3.8) is 0 Å². The maximum atomic E-state index is 9.55. The topological polar surface area (TPSA) is 23.5 Å². The molecule has 0 saturated carbocycles. The lowest BCUT2D eigenvalue weighted by Gasteiger charge is -2.30. The van der Waals surface area contributed by atoms with E-state index in [1.54, 1.807) is 0 Å². The van der Waals surface area contributed by atoms with Gasteiger partial charge in [0.25, 0.3) is 0 Å². The third-order valence-corrected chi connectivity index (χ3v) is 5.00. The van der Waals surface area contributed by atoms with Crippen molar-refractivity contribution >= 4 is 21.6 Å². The number of nitrogens with zero attached hydrogens (tertiary/aromatic N) is 1. The first-order valence-electron chi connectivity index (χ1n) is 7.56. The lowest BCUT2D eigenvalue weighted by atomic mass is 9.77. The van der Waals surface area contributed by atoms with Crippen LogP contribution in [0, 0.1) is 11.3 Å². The van der Waals surface area contributed by atoms with Crippen LogP contribution in [0.15, 0.2) is 22.7 Å². The van der Waals surface area contributed by atoms with Crippen molar-refractivity contribution < 1.29 is 5.11 Å². The molecule has 112 valence electrons. The van der Waals surface area contributed by atoms with Gasteiger partial charge >= 0.3 is 0 Å². The number of hydrogen-bond acceptors (Lipinski definition) is 2. The highest BCUT2D eigenvalue weighted by atomic mass is 79.9. The molecule has 1 saturated heterocycles. The van der Waals surface area contributed by atoms with E-state index in [4.69, 9.17) is 0 Å². The second-order valence-electron chi connectivity index (χ2n) is 6.91. The first-order chi connectivity index (χ1) is 9.41. The Morgan fingerprint density at radius 3 is 2.65 bits per heavy atom. The Balaban J connectivity index is 2.16. The summed E-state index contributed by atoms with van der Waals surface area (Å²) in [6.07, 6.45) is 3.78. The number of aliphatic hydroxyl groups excluding tert-OH is 1. The highest BCUT2D eigenvalue weighted by Gasteiger charge is 2.27. The van der Waals surface area contributed by atoms with Crippen molar-refractivity contribution in [2.45, 2.75) is 46.6 Å². The Bertz CT molecular complexity index is 453. The zero-order valence-corrected chi connectivity index (χ0v) is 14.4. The van der Waals surface area contributed by atoms with Crippen LogP contribution in [-0.4, -0.2) is 18.2 Å². The Kier molecular flexibility index (Phi) is 5.14. The number of rotatable bonds is 2. The minimum Gasteiger partial charge on any atom is -0.392 e. The number of benzene rings is 1. The predicted octanol–water partition coefficient (Wildman–Crippen LogP) is 4.59. The van der Waals surface area contributed by atoms with Crippen LogP contribution >= 0.6 is 15.9 Å². The summed E-state index contributed by atoms with van der Waals surface area (Å²) in [4.78, 5) is 2.45. The maximum Gasteiger partial charge on any atom is 0.0702 e. The lowest BCUT2D eigenvalue weighted by molar-refractivity contribution is 0.220. The molecule has 2 rings (SSSR count). The average molecular weight is 340 g/mol. The van der Waals surface area contributed by atoms with Gasteiger partial charge < -0.3 is 10.0 Å². The van der Waals surface area contributed by atoms with Gasteiger partial charge in [0.05, 0.1) is 6.61 Å². The van der Waals surface area contributed by atoms with Crippen molar-refractivity contribution in [2.75, 3.05) is 18.0 Å². The van der Waals surface area contributed by atoms with Crippen LogP contribution in [0.25, 0.3) is 0 Å². The summed E-state index contributed by atoms with van der Waals surface area (Å²) < 4.78 is 1.08. The van der Waals surface area contributed by atoms with E-state index >= 15 is 0 Å². The predicted molar refractivity (Wildman–Crippen MR) is 89.1 cm³/mol. The van der Waals surface area contributed by atoms with Crippen LogP contribution in [0.2, 0.25) is 0 Å². The third kappa shape index (κ3) is 3.76. The van der Waals surface area contributed by atoms with Crippen LogP contribution in [0.5, 0.6) is 0 Å². The van der Waals surface area contributed by atoms with Crippen molar-refractivity contribution in [2.24, 2.45) is 11.3 Å². The highest BCUT2D eigenvalue weighted by molar-refractivity contribution is 9.10.